The normalized spacial score (nSPS) is 10.5. The van der Waals surface area contributed by atoms with Crippen molar-refractivity contribution in [1.82, 2.24) is 4.90 Å². The van der Waals surface area contributed by atoms with Crippen LogP contribution in [0.25, 0.3) is 0 Å². The van der Waals surface area contributed by atoms with Crippen molar-refractivity contribution in [3.05, 3.63) is 56.2 Å². The Hall–Kier alpha value is -1.13. The highest BCUT2D eigenvalue weighted by atomic mass is 79.9. The third-order valence-electron chi connectivity index (χ3n) is 2.92. The van der Waals surface area contributed by atoms with Gasteiger partial charge in [0.2, 0.25) is 5.91 Å². The number of hydrogen-bond donors (Lipinski definition) is 0. The standard InChI is InChI=1S/C15H16BrNOS/c1-11-3-5-12(6-4-11)7-15(18)17(2)9-14-8-13(16)10-19-14/h3-6,8,10H,7,9H2,1-2H3. The van der Waals surface area contributed by atoms with E-state index in [1.54, 1.807) is 16.2 Å². The molecule has 2 aromatic rings. The average Bonchev–Trinajstić information content (AvgIpc) is 2.77. The Balaban J connectivity index is 1.94. The number of rotatable bonds is 4. The van der Waals surface area contributed by atoms with Crippen LogP contribution in [0.1, 0.15) is 16.0 Å². The van der Waals surface area contributed by atoms with E-state index in [4.69, 9.17) is 0 Å². The molecule has 0 atom stereocenters. The number of likely N-dealkylation sites (N-methyl/N-ethyl adjacent to an activating group) is 1. The maximum atomic E-state index is 12.1. The molecule has 0 saturated carbocycles. The Kier molecular flexibility index (Phi) is 4.77. The molecule has 0 aliphatic rings. The van der Waals surface area contributed by atoms with Crippen LogP contribution in [0.2, 0.25) is 0 Å². The largest absolute Gasteiger partial charge is 0.340 e. The quantitative estimate of drug-likeness (QED) is 0.825. The number of halogens is 1. The van der Waals surface area contributed by atoms with E-state index in [9.17, 15) is 4.79 Å². The topological polar surface area (TPSA) is 20.3 Å². The van der Waals surface area contributed by atoms with Crippen LogP contribution >= 0.6 is 27.3 Å². The molecular weight excluding hydrogens is 322 g/mol. The summed E-state index contributed by atoms with van der Waals surface area (Å²) in [7, 11) is 1.85. The smallest absolute Gasteiger partial charge is 0.227 e. The number of thiophene rings is 1. The molecule has 0 saturated heterocycles. The van der Waals surface area contributed by atoms with E-state index in [1.807, 2.05) is 43.6 Å². The lowest BCUT2D eigenvalue weighted by Crippen LogP contribution is -2.27. The molecule has 1 heterocycles. The van der Waals surface area contributed by atoms with Crippen LogP contribution in [0.5, 0.6) is 0 Å². The summed E-state index contributed by atoms with van der Waals surface area (Å²) >= 11 is 5.09. The van der Waals surface area contributed by atoms with Crippen LogP contribution in [0.3, 0.4) is 0 Å². The van der Waals surface area contributed by atoms with Crippen molar-refractivity contribution in [2.24, 2.45) is 0 Å². The molecule has 100 valence electrons. The van der Waals surface area contributed by atoms with Crippen LogP contribution in [-0.4, -0.2) is 17.9 Å². The lowest BCUT2D eigenvalue weighted by atomic mass is 10.1. The van der Waals surface area contributed by atoms with Gasteiger partial charge in [-0.3, -0.25) is 4.79 Å². The zero-order valence-corrected chi connectivity index (χ0v) is 13.4. The molecule has 2 rings (SSSR count). The first kappa shape index (κ1) is 14.3. The molecule has 1 aromatic heterocycles. The van der Waals surface area contributed by atoms with Gasteiger partial charge in [-0.25, -0.2) is 0 Å². The zero-order valence-electron chi connectivity index (χ0n) is 11.0. The first-order valence-corrected chi connectivity index (χ1v) is 7.74. The molecule has 1 aromatic carbocycles. The van der Waals surface area contributed by atoms with E-state index in [0.29, 0.717) is 13.0 Å². The Bertz CT molecular complexity index is 562. The van der Waals surface area contributed by atoms with Crippen LogP contribution < -0.4 is 0 Å². The zero-order chi connectivity index (χ0) is 13.8. The highest BCUT2D eigenvalue weighted by Gasteiger charge is 2.11. The Morgan fingerprint density at radius 3 is 2.58 bits per heavy atom. The maximum Gasteiger partial charge on any atom is 0.227 e. The van der Waals surface area contributed by atoms with Gasteiger partial charge in [0.05, 0.1) is 13.0 Å². The summed E-state index contributed by atoms with van der Waals surface area (Å²) in [5.41, 5.74) is 2.28. The average molecular weight is 338 g/mol. The summed E-state index contributed by atoms with van der Waals surface area (Å²) in [5.74, 6) is 0.147. The molecule has 0 radical (unpaired) electrons. The van der Waals surface area contributed by atoms with Gasteiger partial charge in [0.25, 0.3) is 0 Å². The van der Waals surface area contributed by atoms with E-state index in [-0.39, 0.29) is 5.91 Å². The summed E-state index contributed by atoms with van der Waals surface area (Å²) in [5, 5.41) is 2.04. The Morgan fingerprint density at radius 2 is 2.00 bits per heavy atom. The minimum atomic E-state index is 0.147. The first-order chi connectivity index (χ1) is 9.04. The molecule has 0 unspecified atom stereocenters. The number of amides is 1. The molecule has 0 fully saturated rings. The van der Waals surface area contributed by atoms with Crippen LogP contribution in [0, 0.1) is 6.92 Å². The van der Waals surface area contributed by atoms with Crippen molar-refractivity contribution in [2.75, 3.05) is 7.05 Å². The van der Waals surface area contributed by atoms with E-state index < -0.39 is 0 Å². The summed E-state index contributed by atoms with van der Waals surface area (Å²) in [6, 6.07) is 10.2. The molecule has 4 heteroatoms. The fraction of sp³-hybridized carbons (Fsp3) is 0.267. The number of aryl methyl sites for hydroxylation is 1. The third-order valence-corrected chi connectivity index (χ3v) is 4.60. The van der Waals surface area contributed by atoms with Crippen molar-refractivity contribution in [1.29, 1.82) is 0 Å². The van der Waals surface area contributed by atoms with Gasteiger partial charge in [-0.05, 0) is 34.5 Å². The molecule has 1 amide bonds. The molecule has 0 bridgehead atoms. The Labute approximate surface area is 126 Å². The van der Waals surface area contributed by atoms with Crippen LogP contribution in [0.15, 0.2) is 40.2 Å². The second kappa shape index (κ2) is 6.35. The lowest BCUT2D eigenvalue weighted by Gasteiger charge is -2.16. The second-order valence-corrected chi connectivity index (χ2v) is 6.55. The Morgan fingerprint density at radius 1 is 1.32 bits per heavy atom. The monoisotopic (exact) mass is 337 g/mol. The molecule has 0 aliphatic carbocycles. The van der Waals surface area contributed by atoms with Crippen molar-refractivity contribution >= 4 is 33.2 Å². The van der Waals surface area contributed by atoms with E-state index in [2.05, 4.69) is 22.0 Å². The van der Waals surface area contributed by atoms with Crippen molar-refractivity contribution in [2.45, 2.75) is 19.9 Å². The van der Waals surface area contributed by atoms with Crippen molar-refractivity contribution in [3.8, 4) is 0 Å². The maximum absolute atomic E-state index is 12.1. The minimum Gasteiger partial charge on any atom is -0.340 e. The molecule has 0 N–H and O–H groups in total. The molecule has 0 aliphatic heterocycles. The van der Waals surface area contributed by atoms with Gasteiger partial charge < -0.3 is 4.90 Å². The van der Waals surface area contributed by atoms with Gasteiger partial charge in [0.15, 0.2) is 0 Å². The van der Waals surface area contributed by atoms with E-state index in [1.165, 1.54) is 10.4 Å². The summed E-state index contributed by atoms with van der Waals surface area (Å²) in [6.07, 6.45) is 0.462. The summed E-state index contributed by atoms with van der Waals surface area (Å²) < 4.78 is 1.08. The SMILES string of the molecule is Cc1ccc(CC(=O)N(C)Cc2cc(Br)cs2)cc1. The molecule has 2 nitrogen and oxygen atoms in total. The third kappa shape index (κ3) is 4.18. The van der Waals surface area contributed by atoms with Crippen molar-refractivity contribution < 1.29 is 4.79 Å². The number of nitrogens with zero attached hydrogens (tertiary/aromatic N) is 1. The lowest BCUT2D eigenvalue weighted by molar-refractivity contribution is -0.129. The van der Waals surface area contributed by atoms with Crippen molar-refractivity contribution in [3.63, 3.8) is 0 Å². The second-order valence-electron chi connectivity index (χ2n) is 4.64. The summed E-state index contributed by atoms with van der Waals surface area (Å²) in [4.78, 5) is 15.1. The number of carbonyl (C=O) groups excluding carboxylic acids is 1. The minimum absolute atomic E-state index is 0.147. The fourth-order valence-electron chi connectivity index (χ4n) is 1.77. The number of hydrogen-bond acceptors (Lipinski definition) is 2. The van der Waals surface area contributed by atoms with Crippen LogP contribution in [-0.2, 0) is 17.8 Å². The molecule has 19 heavy (non-hydrogen) atoms. The first-order valence-electron chi connectivity index (χ1n) is 6.07. The summed E-state index contributed by atoms with van der Waals surface area (Å²) in [6.45, 7) is 2.72. The highest BCUT2D eigenvalue weighted by molar-refractivity contribution is 9.10. The van der Waals surface area contributed by atoms with Crippen LogP contribution in [0.4, 0.5) is 0 Å². The van der Waals surface area contributed by atoms with Gasteiger partial charge in [-0.2, -0.15) is 0 Å². The molecule has 0 spiro atoms. The fourth-order valence-corrected chi connectivity index (χ4v) is 3.28. The van der Waals surface area contributed by atoms with Gasteiger partial charge in [-0.15, -0.1) is 11.3 Å². The van der Waals surface area contributed by atoms with E-state index >= 15 is 0 Å². The number of benzene rings is 1. The number of carbonyl (C=O) groups is 1. The van der Waals surface area contributed by atoms with Gasteiger partial charge in [0, 0.05) is 21.8 Å². The van der Waals surface area contributed by atoms with Gasteiger partial charge >= 0.3 is 0 Å². The predicted octanol–water partition coefficient (Wildman–Crippen LogP) is 4.02. The van der Waals surface area contributed by atoms with E-state index in [0.717, 1.165) is 10.0 Å². The van der Waals surface area contributed by atoms with Gasteiger partial charge in [0.1, 0.15) is 0 Å². The van der Waals surface area contributed by atoms with Gasteiger partial charge in [-0.1, -0.05) is 29.8 Å². The molecular formula is C15H16BrNOS. The highest BCUT2D eigenvalue weighted by Crippen LogP contribution is 2.21. The predicted molar refractivity (Wildman–Crippen MR) is 83.4 cm³/mol.